The first kappa shape index (κ1) is 17.3. The van der Waals surface area contributed by atoms with E-state index in [4.69, 9.17) is 11.6 Å². The smallest absolute Gasteiger partial charge is 0.226 e. The van der Waals surface area contributed by atoms with E-state index in [1.807, 2.05) is 29.2 Å². The van der Waals surface area contributed by atoms with E-state index >= 15 is 0 Å². The quantitative estimate of drug-likeness (QED) is 0.869. The molecule has 1 aliphatic carbocycles. The molecule has 4 rings (SSSR count). The molecule has 2 heterocycles. The zero-order valence-corrected chi connectivity index (χ0v) is 15.3. The van der Waals surface area contributed by atoms with E-state index < -0.39 is 6.10 Å². The largest absolute Gasteiger partial charge is 0.388 e. The van der Waals surface area contributed by atoms with E-state index in [2.05, 4.69) is 5.32 Å². The van der Waals surface area contributed by atoms with Gasteiger partial charge in [0.05, 0.1) is 6.10 Å². The average Bonchev–Trinajstić information content (AvgIpc) is 3.34. The molecule has 4 nitrogen and oxygen atoms in total. The first-order valence-electron chi connectivity index (χ1n) is 9.52. The van der Waals surface area contributed by atoms with Crippen LogP contribution >= 0.6 is 11.6 Å². The fourth-order valence-corrected chi connectivity index (χ4v) is 4.89. The summed E-state index contributed by atoms with van der Waals surface area (Å²) in [5.41, 5.74) is 1.23. The lowest BCUT2D eigenvalue weighted by atomic mass is 9.87. The number of nitrogens with one attached hydrogen (secondary N) is 1. The molecule has 1 aromatic rings. The molecular weight excluding hydrogens is 336 g/mol. The van der Waals surface area contributed by atoms with Crippen LogP contribution in [0.4, 0.5) is 0 Å². The minimum Gasteiger partial charge on any atom is -0.388 e. The van der Waals surface area contributed by atoms with Gasteiger partial charge >= 0.3 is 0 Å². The number of aliphatic hydroxyl groups is 1. The van der Waals surface area contributed by atoms with E-state index in [0.717, 1.165) is 63.8 Å². The highest BCUT2D eigenvalue weighted by Crippen LogP contribution is 2.59. The summed E-state index contributed by atoms with van der Waals surface area (Å²) < 4.78 is 0. The van der Waals surface area contributed by atoms with Crippen molar-refractivity contribution in [3.63, 3.8) is 0 Å². The molecule has 5 heteroatoms. The molecule has 3 aliphatic rings. The Bertz CT molecular complexity index is 619. The van der Waals surface area contributed by atoms with Gasteiger partial charge in [0.25, 0.3) is 0 Å². The van der Waals surface area contributed by atoms with Crippen LogP contribution in [0.5, 0.6) is 0 Å². The number of carbonyl (C=O) groups is 1. The second kappa shape index (κ2) is 6.90. The van der Waals surface area contributed by atoms with Gasteiger partial charge in [-0.25, -0.2) is 0 Å². The number of likely N-dealkylation sites (tertiary alicyclic amines) is 1. The molecule has 2 N–H and O–H groups in total. The third-order valence-corrected chi connectivity index (χ3v) is 6.85. The van der Waals surface area contributed by atoms with Crippen molar-refractivity contribution < 1.29 is 9.90 Å². The van der Waals surface area contributed by atoms with Crippen molar-refractivity contribution in [1.82, 2.24) is 10.2 Å². The van der Waals surface area contributed by atoms with Gasteiger partial charge in [0.1, 0.15) is 0 Å². The lowest BCUT2D eigenvalue weighted by Crippen LogP contribution is -2.42. The highest BCUT2D eigenvalue weighted by atomic mass is 35.5. The second-order valence-electron chi connectivity index (χ2n) is 8.03. The number of benzene rings is 1. The normalized spacial score (nSPS) is 27.3. The van der Waals surface area contributed by atoms with E-state index in [1.54, 1.807) is 0 Å². The van der Waals surface area contributed by atoms with Crippen LogP contribution in [-0.2, 0) is 4.79 Å². The fourth-order valence-electron chi connectivity index (χ4n) is 4.76. The van der Waals surface area contributed by atoms with Gasteiger partial charge in [-0.15, -0.1) is 0 Å². The van der Waals surface area contributed by atoms with Gasteiger partial charge in [0, 0.05) is 24.0 Å². The van der Waals surface area contributed by atoms with E-state index in [1.165, 1.54) is 0 Å². The highest BCUT2D eigenvalue weighted by Gasteiger charge is 2.58. The average molecular weight is 363 g/mol. The molecule has 0 radical (unpaired) electrons. The minimum atomic E-state index is -0.466. The molecule has 136 valence electrons. The standard InChI is InChI=1S/C20H27ClN2O2/c21-16-3-1-14(2-4-16)18(24)15-5-11-23(12-6-15)19(25)17-13-20(17)7-9-22-10-8-20/h1-4,15,17-18,22,24H,5-13H2. The van der Waals surface area contributed by atoms with Crippen LogP contribution in [0.2, 0.25) is 5.02 Å². The molecule has 25 heavy (non-hydrogen) atoms. The summed E-state index contributed by atoms with van der Waals surface area (Å²) in [5, 5.41) is 14.7. The molecule has 0 bridgehead atoms. The summed E-state index contributed by atoms with van der Waals surface area (Å²) in [7, 11) is 0. The number of amides is 1. The predicted octanol–water partition coefficient (Wildman–Crippen LogP) is 3.00. The molecule has 2 saturated heterocycles. The lowest BCUT2D eigenvalue weighted by molar-refractivity contribution is -0.135. The Labute approximate surface area is 154 Å². The van der Waals surface area contributed by atoms with Crippen molar-refractivity contribution in [3.8, 4) is 0 Å². The van der Waals surface area contributed by atoms with Crippen LogP contribution in [-0.4, -0.2) is 42.1 Å². The SMILES string of the molecule is O=C(C1CC12CCNCC2)N1CCC(C(O)c2ccc(Cl)cc2)CC1. The van der Waals surface area contributed by atoms with Gasteiger partial charge in [-0.2, -0.15) is 0 Å². The van der Waals surface area contributed by atoms with Gasteiger partial charge in [-0.3, -0.25) is 4.79 Å². The Morgan fingerprint density at radius 2 is 1.84 bits per heavy atom. The van der Waals surface area contributed by atoms with Crippen molar-refractivity contribution in [2.45, 2.75) is 38.2 Å². The highest BCUT2D eigenvalue weighted by molar-refractivity contribution is 6.30. The molecule has 1 aromatic carbocycles. The van der Waals surface area contributed by atoms with Crippen LogP contribution in [0.1, 0.15) is 43.8 Å². The number of piperidine rings is 2. The van der Waals surface area contributed by atoms with Crippen molar-refractivity contribution >= 4 is 17.5 Å². The third-order valence-electron chi connectivity index (χ3n) is 6.60. The van der Waals surface area contributed by atoms with Crippen LogP contribution < -0.4 is 5.32 Å². The maximum Gasteiger partial charge on any atom is 0.226 e. The molecule has 2 aliphatic heterocycles. The summed E-state index contributed by atoms with van der Waals surface area (Å²) in [5.74, 6) is 0.839. The third kappa shape index (κ3) is 3.44. The molecule has 2 unspecified atom stereocenters. The van der Waals surface area contributed by atoms with E-state index in [-0.39, 0.29) is 11.8 Å². The Hall–Kier alpha value is -1.10. The number of rotatable bonds is 3. The fraction of sp³-hybridized carbons (Fsp3) is 0.650. The van der Waals surface area contributed by atoms with Gasteiger partial charge in [-0.05, 0) is 74.2 Å². The summed E-state index contributed by atoms with van der Waals surface area (Å²) >= 11 is 5.92. The van der Waals surface area contributed by atoms with Gasteiger partial charge in [0.2, 0.25) is 5.91 Å². The number of carbonyl (C=O) groups excluding carboxylic acids is 1. The molecule has 1 spiro atoms. The van der Waals surface area contributed by atoms with Crippen LogP contribution in [0, 0.1) is 17.3 Å². The molecule has 0 aromatic heterocycles. The zero-order valence-electron chi connectivity index (χ0n) is 14.6. The molecule has 1 saturated carbocycles. The Kier molecular flexibility index (Phi) is 4.78. The molecule has 2 atom stereocenters. The number of hydrogen-bond acceptors (Lipinski definition) is 3. The summed E-state index contributed by atoms with van der Waals surface area (Å²) in [4.78, 5) is 14.9. The van der Waals surface area contributed by atoms with Crippen molar-refractivity contribution in [2.24, 2.45) is 17.3 Å². The summed E-state index contributed by atoms with van der Waals surface area (Å²) in [6.45, 7) is 3.66. The number of aliphatic hydroxyl groups excluding tert-OH is 1. The van der Waals surface area contributed by atoms with Gasteiger partial charge < -0.3 is 15.3 Å². The Morgan fingerprint density at radius 1 is 1.20 bits per heavy atom. The zero-order chi connectivity index (χ0) is 17.4. The molecule has 3 fully saturated rings. The molecular formula is C20H27ClN2O2. The monoisotopic (exact) mass is 362 g/mol. The van der Waals surface area contributed by atoms with Crippen LogP contribution in [0.25, 0.3) is 0 Å². The van der Waals surface area contributed by atoms with E-state index in [9.17, 15) is 9.90 Å². The van der Waals surface area contributed by atoms with Gasteiger partial charge in [-0.1, -0.05) is 23.7 Å². The second-order valence-corrected chi connectivity index (χ2v) is 8.46. The summed E-state index contributed by atoms with van der Waals surface area (Å²) in [6.07, 6.45) is 4.66. The number of hydrogen-bond donors (Lipinski definition) is 2. The van der Waals surface area contributed by atoms with Crippen LogP contribution in [0.15, 0.2) is 24.3 Å². The van der Waals surface area contributed by atoms with Crippen molar-refractivity contribution in [3.05, 3.63) is 34.9 Å². The Morgan fingerprint density at radius 3 is 2.48 bits per heavy atom. The minimum absolute atomic E-state index is 0.220. The first-order chi connectivity index (χ1) is 12.1. The Balaban J connectivity index is 1.31. The number of nitrogens with zero attached hydrogens (tertiary/aromatic N) is 1. The first-order valence-corrected chi connectivity index (χ1v) is 9.90. The van der Waals surface area contributed by atoms with E-state index in [0.29, 0.717) is 16.3 Å². The maximum atomic E-state index is 12.8. The topological polar surface area (TPSA) is 52.6 Å². The van der Waals surface area contributed by atoms with Crippen molar-refractivity contribution in [1.29, 1.82) is 0 Å². The summed E-state index contributed by atoms with van der Waals surface area (Å²) in [6, 6.07) is 7.44. The molecule has 1 amide bonds. The predicted molar refractivity (Wildman–Crippen MR) is 98.4 cm³/mol. The lowest BCUT2D eigenvalue weighted by Gasteiger charge is -2.35. The van der Waals surface area contributed by atoms with Gasteiger partial charge in [0.15, 0.2) is 0 Å². The maximum absolute atomic E-state index is 12.8. The number of halogens is 1. The van der Waals surface area contributed by atoms with Crippen molar-refractivity contribution in [2.75, 3.05) is 26.2 Å². The van der Waals surface area contributed by atoms with Crippen LogP contribution in [0.3, 0.4) is 0 Å².